The van der Waals surface area contributed by atoms with Gasteiger partial charge in [-0.2, -0.15) is 5.10 Å². The van der Waals surface area contributed by atoms with Crippen molar-refractivity contribution in [3.8, 4) is 5.69 Å². The van der Waals surface area contributed by atoms with Crippen molar-refractivity contribution in [1.29, 1.82) is 0 Å². The number of nitrogens with zero attached hydrogens (tertiary/aromatic N) is 5. The molecule has 2 aromatic heterocycles. The Morgan fingerprint density at radius 3 is 2.93 bits per heavy atom. The van der Waals surface area contributed by atoms with E-state index in [1.54, 1.807) is 42.3 Å². The van der Waals surface area contributed by atoms with Gasteiger partial charge in [0.1, 0.15) is 11.6 Å². The van der Waals surface area contributed by atoms with Crippen molar-refractivity contribution in [1.82, 2.24) is 29.5 Å². The monoisotopic (exact) mass is 382 g/mol. The van der Waals surface area contributed by atoms with Crippen molar-refractivity contribution in [3.63, 3.8) is 0 Å². The van der Waals surface area contributed by atoms with Gasteiger partial charge in [-0.25, -0.2) is 14.1 Å². The molecule has 0 saturated carbocycles. The van der Waals surface area contributed by atoms with Crippen LogP contribution in [0.25, 0.3) is 5.69 Å². The van der Waals surface area contributed by atoms with Crippen molar-refractivity contribution < 1.29 is 9.18 Å². The second kappa shape index (κ2) is 7.55. The van der Waals surface area contributed by atoms with Crippen LogP contribution in [0.1, 0.15) is 34.8 Å². The predicted octanol–water partition coefficient (Wildman–Crippen LogP) is 2.56. The van der Waals surface area contributed by atoms with E-state index in [0.717, 1.165) is 18.9 Å². The molecule has 1 amide bonds. The van der Waals surface area contributed by atoms with Gasteiger partial charge in [0.15, 0.2) is 0 Å². The Kier molecular flexibility index (Phi) is 4.95. The lowest BCUT2D eigenvalue weighted by Gasteiger charge is -2.40. The molecule has 0 aliphatic carbocycles. The average molecular weight is 382 g/mol. The normalized spacial score (nSPS) is 17.8. The highest BCUT2D eigenvalue weighted by Gasteiger charge is 2.32. The summed E-state index contributed by atoms with van der Waals surface area (Å²) in [5, 5.41) is 4.41. The van der Waals surface area contributed by atoms with Gasteiger partial charge in [0, 0.05) is 38.2 Å². The summed E-state index contributed by atoms with van der Waals surface area (Å²) in [6.07, 6.45) is 5.22. The predicted molar refractivity (Wildman–Crippen MR) is 103 cm³/mol. The number of hydrogen-bond acceptors (Lipinski definition) is 4. The third kappa shape index (κ3) is 3.43. The summed E-state index contributed by atoms with van der Waals surface area (Å²) in [5.74, 6) is 0.467. The second-order valence-electron chi connectivity index (χ2n) is 6.92. The molecule has 1 atom stereocenters. The summed E-state index contributed by atoms with van der Waals surface area (Å²) < 4.78 is 15.1. The van der Waals surface area contributed by atoms with Gasteiger partial charge in [-0.05, 0) is 31.7 Å². The minimum absolute atomic E-state index is 0.0382. The maximum atomic E-state index is 13.5. The summed E-state index contributed by atoms with van der Waals surface area (Å²) in [6, 6.07) is 6.20. The number of H-pyrrole nitrogens is 1. The number of aromatic nitrogens is 4. The van der Waals surface area contributed by atoms with Crippen LogP contribution in [-0.2, 0) is 0 Å². The van der Waals surface area contributed by atoms with Gasteiger partial charge in [-0.15, -0.1) is 0 Å². The highest BCUT2D eigenvalue weighted by atomic mass is 19.1. The van der Waals surface area contributed by atoms with Gasteiger partial charge in [0.2, 0.25) is 0 Å². The number of rotatable bonds is 4. The van der Waals surface area contributed by atoms with E-state index in [4.69, 9.17) is 0 Å². The first-order valence-corrected chi connectivity index (χ1v) is 9.41. The van der Waals surface area contributed by atoms with Gasteiger partial charge >= 0.3 is 0 Å². The van der Waals surface area contributed by atoms with Gasteiger partial charge in [-0.1, -0.05) is 13.0 Å². The number of hydrogen-bond donors (Lipinski definition) is 1. The van der Waals surface area contributed by atoms with Gasteiger partial charge in [-0.3, -0.25) is 9.69 Å². The number of aromatic amines is 1. The Morgan fingerprint density at radius 1 is 1.36 bits per heavy atom. The number of carbonyl (C=O) groups is 1. The summed E-state index contributed by atoms with van der Waals surface area (Å²) in [7, 11) is 0. The largest absolute Gasteiger partial charge is 0.347 e. The maximum Gasteiger partial charge on any atom is 0.257 e. The van der Waals surface area contributed by atoms with Crippen LogP contribution in [0.2, 0.25) is 0 Å². The smallest absolute Gasteiger partial charge is 0.257 e. The van der Waals surface area contributed by atoms with Crippen molar-refractivity contribution in [2.24, 2.45) is 0 Å². The van der Waals surface area contributed by atoms with Crippen LogP contribution in [-0.4, -0.2) is 61.6 Å². The number of nitrogens with one attached hydrogen (secondary N) is 1. The molecule has 0 radical (unpaired) electrons. The van der Waals surface area contributed by atoms with Crippen LogP contribution in [0.5, 0.6) is 0 Å². The molecule has 1 saturated heterocycles. The van der Waals surface area contributed by atoms with Crippen molar-refractivity contribution in [2.45, 2.75) is 19.9 Å². The van der Waals surface area contributed by atoms with E-state index >= 15 is 0 Å². The zero-order chi connectivity index (χ0) is 19.7. The van der Waals surface area contributed by atoms with Crippen molar-refractivity contribution in [3.05, 3.63) is 65.8 Å². The lowest BCUT2D eigenvalue weighted by Crippen LogP contribution is -2.50. The zero-order valence-corrected chi connectivity index (χ0v) is 16.0. The number of likely N-dealkylation sites (N-methyl/N-ethyl adjacent to an activating group) is 1. The molecule has 0 bridgehead atoms. The third-order valence-corrected chi connectivity index (χ3v) is 5.22. The molecule has 3 aromatic rings. The van der Waals surface area contributed by atoms with Gasteiger partial charge in [0.25, 0.3) is 5.91 Å². The standard InChI is InChI=1S/C20H23FN6O/c1-3-25-9-10-26(13-18(25)19-22-7-8-23-19)20(28)17-12-27(24-14(17)2)16-6-4-5-15(21)11-16/h4-8,11-12,18H,3,9-10,13H2,1-2H3,(H,22,23). The fraction of sp³-hybridized carbons (Fsp3) is 0.350. The van der Waals surface area contributed by atoms with Gasteiger partial charge in [0.05, 0.1) is 23.0 Å². The zero-order valence-electron chi connectivity index (χ0n) is 16.0. The molecular formula is C20H23FN6O. The highest BCUT2D eigenvalue weighted by Crippen LogP contribution is 2.24. The number of halogens is 1. The second-order valence-corrected chi connectivity index (χ2v) is 6.92. The molecule has 3 heterocycles. The third-order valence-electron chi connectivity index (χ3n) is 5.22. The number of imidazole rings is 1. The molecule has 0 spiro atoms. The van der Waals surface area contributed by atoms with E-state index in [1.165, 1.54) is 12.1 Å². The SMILES string of the molecule is CCN1CCN(C(=O)c2cn(-c3cccc(F)c3)nc2C)CC1c1ncc[nH]1. The Labute approximate surface area is 162 Å². The molecule has 4 rings (SSSR count). The number of benzene rings is 1. The summed E-state index contributed by atoms with van der Waals surface area (Å²) in [6.45, 7) is 6.80. The summed E-state index contributed by atoms with van der Waals surface area (Å²) >= 11 is 0. The quantitative estimate of drug-likeness (QED) is 0.753. The lowest BCUT2D eigenvalue weighted by atomic mass is 10.1. The van der Waals surface area contributed by atoms with Crippen LogP contribution >= 0.6 is 0 Å². The fourth-order valence-corrected chi connectivity index (χ4v) is 3.69. The molecule has 8 heteroatoms. The fourth-order valence-electron chi connectivity index (χ4n) is 3.69. The van der Waals surface area contributed by atoms with E-state index in [1.807, 2.05) is 4.90 Å². The van der Waals surface area contributed by atoms with E-state index in [-0.39, 0.29) is 17.8 Å². The van der Waals surface area contributed by atoms with Crippen molar-refractivity contribution in [2.75, 3.05) is 26.2 Å². The van der Waals surface area contributed by atoms with E-state index in [9.17, 15) is 9.18 Å². The molecule has 146 valence electrons. The molecule has 1 fully saturated rings. The number of piperazine rings is 1. The van der Waals surface area contributed by atoms with Crippen LogP contribution < -0.4 is 0 Å². The van der Waals surface area contributed by atoms with E-state index < -0.39 is 0 Å². The van der Waals surface area contributed by atoms with E-state index in [0.29, 0.717) is 30.0 Å². The van der Waals surface area contributed by atoms with Crippen LogP contribution in [0.4, 0.5) is 4.39 Å². The Bertz CT molecular complexity index is 967. The Balaban J connectivity index is 1.58. The minimum Gasteiger partial charge on any atom is -0.347 e. The molecule has 1 unspecified atom stereocenters. The van der Waals surface area contributed by atoms with Gasteiger partial charge < -0.3 is 9.88 Å². The van der Waals surface area contributed by atoms with E-state index in [2.05, 4.69) is 26.9 Å². The number of amides is 1. The van der Waals surface area contributed by atoms with Crippen LogP contribution in [0.15, 0.2) is 42.9 Å². The Hall–Kier alpha value is -3.00. The maximum absolute atomic E-state index is 13.5. The summed E-state index contributed by atoms with van der Waals surface area (Å²) in [4.78, 5) is 24.9. The number of carbonyl (C=O) groups excluding carboxylic acids is 1. The average Bonchev–Trinajstić information content (AvgIpc) is 3.37. The molecule has 1 N–H and O–H groups in total. The Morgan fingerprint density at radius 2 is 2.21 bits per heavy atom. The van der Waals surface area contributed by atoms with Crippen LogP contribution in [0, 0.1) is 12.7 Å². The molecular weight excluding hydrogens is 359 g/mol. The summed E-state index contributed by atoms with van der Waals surface area (Å²) in [5.41, 5.74) is 1.75. The lowest BCUT2D eigenvalue weighted by molar-refractivity contribution is 0.0479. The molecule has 28 heavy (non-hydrogen) atoms. The first-order chi connectivity index (χ1) is 13.6. The van der Waals surface area contributed by atoms with Crippen LogP contribution in [0.3, 0.4) is 0 Å². The first kappa shape index (κ1) is 18.4. The molecule has 1 aliphatic rings. The van der Waals surface area contributed by atoms with Crippen molar-refractivity contribution >= 4 is 5.91 Å². The molecule has 7 nitrogen and oxygen atoms in total. The molecule has 1 aliphatic heterocycles. The first-order valence-electron chi connectivity index (χ1n) is 9.41. The minimum atomic E-state index is -0.337. The number of aryl methyl sites for hydroxylation is 1. The topological polar surface area (TPSA) is 70.1 Å². The highest BCUT2D eigenvalue weighted by molar-refractivity contribution is 5.95. The molecule has 1 aromatic carbocycles.